The summed E-state index contributed by atoms with van der Waals surface area (Å²) in [6.07, 6.45) is 0.946. The number of ether oxygens (including phenoxy) is 2. The van der Waals surface area contributed by atoms with Gasteiger partial charge in [-0.3, -0.25) is 4.79 Å². The molecule has 2 unspecified atom stereocenters. The Labute approximate surface area is 134 Å². The highest BCUT2D eigenvalue weighted by Gasteiger charge is 2.25. The third-order valence-electron chi connectivity index (χ3n) is 3.75. The van der Waals surface area contributed by atoms with Crippen molar-refractivity contribution in [1.82, 2.24) is 5.32 Å². The molecule has 0 heterocycles. The van der Waals surface area contributed by atoms with Crippen LogP contribution in [-0.4, -0.2) is 26.4 Å². The SMILES string of the molecule is COC(OC)C(CC(=O)NC(C)c1ccccc1)CC(C)C. The predicted molar refractivity (Wildman–Crippen MR) is 88.4 cm³/mol. The molecule has 4 nitrogen and oxygen atoms in total. The Morgan fingerprint density at radius 1 is 1.09 bits per heavy atom. The Morgan fingerprint density at radius 2 is 1.68 bits per heavy atom. The van der Waals surface area contributed by atoms with Gasteiger partial charge in [-0.25, -0.2) is 0 Å². The highest BCUT2D eigenvalue weighted by Crippen LogP contribution is 2.22. The molecule has 1 rings (SSSR count). The number of rotatable bonds is 9. The van der Waals surface area contributed by atoms with Gasteiger partial charge < -0.3 is 14.8 Å². The minimum atomic E-state index is -0.347. The van der Waals surface area contributed by atoms with Gasteiger partial charge in [0.2, 0.25) is 5.91 Å². The molecule has 0 bridgehead atoms. The van der Waals surface area contributed by atoms with E-state index in [-0.39, 0.29) is 24.2 Å². The Kier molecular flexibility index (Phi) is 8.13. The van der Waals surface area contributed by atoms with Crippen LogP contribution >= 0.6 is 0 Å². The molecule has 1 aromatic carbocycles. The molecule has 0 saturated heterocycles. The van der Waals surface area contributed by atoms with E-state index in [1.807, 2.05) is 37.3 Å². The summed E-state index contributed by atoms with van der Waals surface area (Å²) >= 11 is 0. The average Bonchev–Trinajstić information content (AvgIpc) is 2.48. The molecular formula is C18H29NO3. The number of benzene rings is 1. The fourth-order valence-corrected chi connectivity index (χ4v) is 2.74. The maximum Gasteiger partial charge on any atom is 0.220 e. The summed E-state index contributed by atoms with van der Waals surface area (Å²) in [5.41, 5.74) is 1.10. The maximum atomic E-state index is 12.3. The second-order valence-corrected chi connectivity index (χ2v) is 6.13. The number of nitrogens with one attached hydrogen (secondary N) is 1. The molecule has 1 amide bonds. The lowest BCUT2D eigenvalue weighted by Crippen LogP contribution is -2.34. The van der Waals surface area contributed by atoms with E-state index in [1.165, 1.54) is 0 Å². The van der Waals surface area contributed by atoms with E-state index in [2.05, 4.69) is 19.2 Å². The number of carbonyl (C=O) groups excluding carboxylic acids is 1. The lowest BCUT2D eigenvalue weighted by Gasteiger charge is -2.26. The van der Waals surface area contributed by atoms with E-state index in [0.29, 0.717) is 12.3 Å². The van der Waals surface area contributed by atoms with Crippen molar-refractivity contribution in [3.05, 3.63) is 35.9 Å². The topological polar surface area (TPSA) is 47.6 Å². The van der Waals surface area contributed by atoms with Crippen LogP contribution in [0.3, 0.4) is 0 Å². The van der Waals surface area contributed by atoms with Gasteiger partial charge >= 0.3 is 0 Å². The summed E-state index contributed by atoms with van der Waals surface area (Å²) in [7, 11) is 3.23. The third kappa shape index (κ3) is 6.16. The van der Waals surface area contributed by atoms with Crippen LogP contribution in [0, 0.1) is 11.8 Å². The van der Waals surface area contributed by atoms with E-state index in [4.69, 9.17) is 9.47 Å². The molecule has 4 heteroatoms. The van der Waals surface area contributed by atoms with Gasteiger partial charge in [-0.05, 0) is 24.8 Å². The second-order valence-electron chi connectivity index (χ2n) is 6.13. The summed E-state index contributed by atoms with van der Waals surface area (Å²) in [6.45, 7) is 6.27. The van der Waals surface area contributed by atoms with Gasteiger partial charge in [0, 0.05) is 26.6 Å². The highest BCUT2D eigenvalue weighted by atomic mass is 16.7. The molecular weight excluding hydrogens is 278 g/mol. The minimum Gasteiger partial charge on any atom is -0.356 e. The first-order chi connectivity index (χ1) is 10.5. The number of hydrogen-bond donors (Lipinski definition) is 1. The molecule has 0 spiro atoms. The van der Waals surface area contributed by atoms with Gasteiger partial charge in [-0.15, -0.1) is 0 Å². The zero-order valence-electron chi connectivity index (χ0n) is 14.3. The van der Waals surface area contributed by atoms with Crippen molar-refractivity contribution in [2.45, 2.75) is 45.9 Å². The van der Waals surface area contributed by atoms with Crippen LogP contribution < -0.4 is 5.32 Å². The van der Waals surface area contributed by atoms with Crippen molar-refractivity contribution in [2.75, 3.05) is 14.2 Å². The van der Waals surface area contributed by atoms with Crippen LogP contribution in [0.2, 0.25) is 0 Å². The van der Waals surface area contributed by atoms with Crippen molar-refractivity contribution in [3.8, 4) is 0 Å². The Bertz CT molecular complexity index is 429. The lowest BCUT2D eigenvalue weighted by molar-refractivity contribution is -0.149. The van der Waals surface area contributed by atoms with Crippen LogP contribution in [0.1, 0.15) is 45.2 Å². The van der Waals surface area contributed by atoms with Crippen molar-refractivity contribution in [2.24, 2.45) is 11.8 Å². The van der Waals surface area contributed by atoms with Gasteiger partial charge in [-0.1, -0.05) is 44.2 Å². The fraction of sp³-hybridized carbons (Fsp3) is 0.611. The van der Waals surface area contributed by atoms with Crippen LogP contribution in [-0.2, 0) is 14.3 Å². The first-order valence-corrected chi connectivity index (χ1v) is 7.87. The Morgan fingerprint density at radius 3 is 2.18 bits per heavy atom. The van der Waals surface area contributed by atoms with Crippen molar-refractivity contribution in [1.29, 1.82) is 0 Å². The van der Waals surface area contributed by atoms with Crippen LogP contribution in [0.4, 0.5) is 0 Å². The van der Waals surface area contributed by atoms with Crippen LogP contribution in [0.25, 0.3) is 0 Å². The summed E-state index contributed by atoms with van der Waals surface area (Å²) < 4.78 is 10.7. The largest absolute Gasteiger partial charge is 0.356 e. The molecule has 0 aliphatic carbocycles. The number of carbonyl (C=O) groups is 1. The quantitative estimate of drug-likeness (QED) is 0.710. The molecule has 1 N–H and O–H groups in total. The maximum absolute atomic E-state index is 12.3. The van der Waals surface area contributed by atoms with E-state index in [9.17, 15) is 4.79 Å². The molecule has 0 fully saturated rings. The van der Waals surface area contributed by atoms with E-state index in [0.717, 1.165) is 12.0 Å². The zero-order valence-corrected chi connectivity index (χ0v) is 14.3. The molecule has 0 aliphatic rings. The number of amides is 1. The highest BCUT2D eigenvalue weighted by molar-refractivity contribution is 5.76. The van der Waals surface area contributed by atoms with Crippen molar-refractivity contribution < 1.29 is 14.3 Å². The second kappa shape index (κ2) is 9.59. The average molecular weight is 307 g/mol. The molecule has 0 aromatic heterocycles. The van der Waals surface area contributed by atoms with Crippen molar-refractivity contribution in [3.63, 3.8) is 0 Å². The molecule has 1 aromatic rings. The minimum absolute atomic E-state index is 0.00283. The molecule has 124 valence electrons. The first kappa shape index (κ1) is 18.7. The third-order valence-corrected chi connectivity index (χ3v) is 3.75. The van der Waals surface area contributed by atoms with Gasteiger partial charge in [0.25, 0.3) is 0 Å². The van der Waals surface area contributed by atoms with Gasteiger partial charge in [0.15, 0.2) is 6.29 Å². The van der Waals surface area contributed by atoms with Crippen LogP contribution in [0.15, 0.2) is 30.3 Å². The normalized spacial score (nSPS) is 14.1. The molecule has 22 heavy (non-hydrogen) atoms. The van der Waals surface area contributed by atoms with Crippen LogP contribution in [0.5, 0.6) is 0 Å². The van der Waals surface area contributed by atoms with Gasteiger partial charge in [0.05, 0.1) is 6.04 Å². The molecule has 0 radical (unpaired) electrons. The Hall–Kier alpha value is -1.39. The molecule has 2 atom stereocenters. The number of methoxy groups -OCH3 is 2. The van der Waals surface area contributed by atoms with E-state index < -0.39 is 0 Å². The van der Waals surface area contributed by atoms with Crippen molar-refractivity contribution >= 4 is 5.91 Å². The monoisotopic (exact) mass is 307 g/mol. The summed E-state index contributed by atoms with van der Waals surface area (Å²) in [5.74, 6) is 0.566. The fourth-order valence-electron chi connectivity index (χ4n) is 2.74. The summed E-state index contributed by atoms with van der Waals surface area (Å²) in [6, 6.07) is 9.96. The smallest absolute Gasteiger partial charge is 0.220 e. The predicted octanol–water partition coefficient (Wildman–Crippen LogP) is 3.54. The zero-order chi connectivity index (χ0) is 16.5. The Balaban J connectivity index is 2.62. The van der Waals surface area contributed by atoms with E-state index in [1.54, 1.807) is 14.2 Å². The molecule has 0 saturated carbocycles. The van der Waals surface area contributed by atoms with Gasteiger partial charge in [-0.2, -0.15) is 0 Å². The van der Waals surface area contributed by atoms with E-state index >= 15 is 0 Å². The van der Waals surface area contributed by atoms with Gasteiger partial charge in [0.1, 0.15) is 0 Å². The first-order valence-electron chi connectivity index (χ1n) is 7.87. The number of hydrogen-bond acceptors (Lipinski definition) is 3. The lowest BCUT2D eigenvalue weighted by atomic mass is 9.93. The molecule has 0 aliphatic heterocycles. The summed E-state index contributed by atoms with van der Waals surface area (Å²) in [5, 5.41) is 3.05. The summed E-state index contributed by atoms with van der Waals surface area (Å²) in [4.78, 5) is 12.3. The standard InChI is InChI=1S/C18H29NO3/c1-13(2)11-16(18(21-4)22-5)12-17(20)19-14(3)15-9-7-6-8-10-15/h6-10,13-14,16,18H,11-12H2,1-5H3,(H,19,20).